The zero-order valence-electron chi connectivity index (χ0n) is 18.9. The highest BCUT2D eigenvalue weighted by Gasteiger charge is 2.33. The standard InChI is InChI=1S/C24H24F3N3O4S/c1-33-12-2-4-16-14-17(24(25,26)27)5-7-19(16)20-9-13-34-22-15-18(6-8-21(20)22)35(31,32)30-23-28-10-3-11-29-23/h3,5-8,10-11,14-15,20H,2,4,9,12-13H2,1H3,(H,28,29,30). The van der Waals surface area contributed by atoms with Crippen LogP contribution in [0.15, 0.2) is 59.8 Å². The molecule has 0 radical (unpaired) electrons. The summed E-state index contributed by atoms with van der Waals surface area (Å²) >= 11 is 0. The first-order valence-corrected chi connectivity index (χ1v) is 12.4. The smallest absolute Gasteiger partial charge is 0.416 e. The Bertz CT molecular complexity index is 1280. The lowest BCUT2D eigenvalue weighted by Gasteiger charge is -2.29. The fraction of sp³-hybridized carbons (Fsp3) is 0.333. The van der Waals surface area contributed by atoms with Gasteiger partial charge >= 0.3 is 6.18 Å². The fourth-order valence-corrected chi connectivity index (χ4v) is 5.11. The average molecular weight is 508 g/mol. The van der Waals surface area contributed by atoms with E-state index in [1.807, 2.05) is 0 Å². The zero-order valence-corrected chi connectivity index (χ0v) is 19.7. The number of hydrogen-bond acceptors (Lipinski definition) is 6. The van der Waals surface area contributed by atoms with Gasteiger partial charge in [0.25, 0.3) is 10.0 Å². The van der Waals surface area contributed by atoms with Crippen LogP contribution < -0.4 is 9.46 Å². The highest BCUT2D eigenvalue weighted by Crippen LogP contribution is 2.42. The molecule has 0 saturated carbocycles. The van der Waals surface area contributed by atoms with Crippen LogP contribution >= 0.6 is 0 Å². The minimum atomic E-state index is -4.44. The predicted molar refractivity (Wildman–Crippen MR) is 123 cm³/mol. The van der Waals surface area contributed by atoms with E-state index in [1.54, 1.807) is 19.2 Å². The SMILES string of the molecule is COCCCc1cc(C(F)(F)F)ccc1C1CCOc2cc(S(=O)(=O)Nc3ncccn3)ccc21. The van der Waals surface area contributed by atoms with Crippen LogP contribution in [0.4, 0.5) is 19.1 Å². The van der Waals surface area contributed by atoms with E-state index in [0.717, 1.165) is 17.2 Å². The summed E-state index contributed by atoms with van der Waals surface area (Å²) in [6.45, 7) is 0.730. The molecule has 0 spiro atoms. The largest absolute Gasteiger partial charge is 0.493 e. The van der Waals surface area contributed by atoms with Crippen molar-refractivity contribution in [1.82, 2.24) is 9.97 Å². The Morgan fingerprint density at radius 3 is 2.57 bits per heavy atom. The van der Waals surface area contributed by atoms with Crippen molar-refractivity contribution in [3.63, 3.8) is 0 Å². The summed E-state index contributed by atoms with van der Waals surface area (Å²) in [6, 6.07) is 9.88. The Kier molecular flexibility index (Phi) is 7.27. The summed E-state index contributed by atoms with van der Waals surface area (Å²) in [6.07, 6.45) is -0.0589. The molecule has 0 saturated heterocycles. The molecule has 0 amide bonds. The fourth-order valence-electron chi connectivity index (χ4n) is 4.14. The Morgan fingerprint density at radius 1 is 1.11 bits per heavy atom. The quantitative estimate of drug-likeness (QED) is 0.441. The number of alkyl halides is 3. The van der Waals surface area contributed by atoms with Crippen LogP contribution in [0, 0.1) is 0 Å². The summed E-state index contributed by atoms with van der Waals surface area (Å²) in [4.78, 5) is 7.71. The second-order valence-corrected chi connectivity index (χ2v) is 9.76. The van der Waals surface area contributed by atoms with Crippen LogP contribution in [0.1, 0.15) is 41.0 Å². The van der Waals surface area contributed by atoms with E-state index in [-0.39, 0.29) is 16.8 Å². The van der Waals surface area contributed by atoms with Gasteiger partial charge in [-0.25, -0.2) is 23.1 Å². The maximum absolute atomic E-state index is 13.4. The van der Waals surface area contributed by atoms with E-state index < -0.39 is 21.8 Å². The van der Waals surface area contributed by atoms with Crippen molar-refractivity contribution < 1.29 is 31.1 Å². The van der Waals surface area contributed by atoms with Gasteiger partial charge in [-0.3, -0.25) is 0 Å². The first kappa shape index (κ1) is 24.9. The molecule has 2 aromatic carbocycles. The van der Waals surface area contributed by atoms with E-state index in [0.29, 0.717) is 43.8 Å². The monoisotopic (exact) mass is 507 g/mol. The molecule has 0 bridgehead atoms. The first-order valence-electron chi connectivity index (χ1n) is 10.9. The van der Waals surface area contributed by atoms with E-state index in [1.165, 1.54) is 36.7 Å². The third-order valence-corrected chi connectivity index (χ3v) is 7.09. The maximum Gasteiger partial charge on any atom is 0.416 e. The van der Waals surface area contributed by atoms with E-state index in [2.05, 4.69) is 14.7 Å². The number of sulfonamides is 1. The topological polar surface area (TPSA) is 90.4 Å². The number of benzene rings is 2. The summed E-state index contributed by atoms with van der Waals surface area (Å²) in [7, 11) is -2.42. The maximum atomic E-state index is 13.4. The summed E-state index contributed by atoms with van der Waals surface area (Å²) < 4.78 is 78.9. The number of methoxy groups -OCH3 is 1. The predicted octanol–water partition coefficient (Wildman–Crippen LogP) is 4.79. The molecule has 0 fully saturated rings. The van der Waals surface area contributed by atoms with Gasteiger partial charge in [0, 0.05) is 43.7 Å². The third kappa shape index (κ3) is 5.73. The van der Waals surface area contributed by atoms with Gasteiger partial charge in [-0.05, 0) is 54.7 Å². The van der Waals surface area contributed by atoms with Gasteiger partial charge in [0.1, 0.15) is 5.75 Å². The Labute approximate surface area is 201 Å². The van der Waals surface area contributed by atoms with Gasteiger partial charge in [-0.15, -0.1) is 0 Å². The minimum absolute atomic E-state index is 0.0305. The molecule has 35 heavy (non-hydrogen) atoms. The number of nitrogens with zero attached hydrogens (tertiary/aromatic N) is 2. The number of anilines is 1. The molecular weight excluding hydrogens is 483 g/mol. The van der Waals surface area contributed by atoms with E-state index in [9.17, 15) is 21.6 Å². The molecule has 11 heteroatoms. The molecule has 186 valence electrons. The molecule has 7 nitrogen and oxygen atoms in total. The molecule has 1 aliphatic heterocycles. The van der Waals surface area contributed by atoms with Crippen molar-refractivity contribution in [2.45, 2.75) is 36.3 Å². The molecule has 1 N–H and O–H groups in total. The number of ether oxygens (including phenoxy) is 2. The van der Waals surface area contributed by atoms with Gasteiger partial charge in [0.2, 0.25) is 5.95 Å². The number of halogens is 3. The molecule has 1 aromatic heterocycles. The second kappa shape index (κ2) is 10.2. The van der Waals surface area contributed by atoms with Crippen molar-refractivity contribution in [2.24, 2.45) is 0 Å². The number of fused-ring (bicyclic) bond motifs is 1. The lowest BCUT2D eigenvalue weighted by molar-refractivity contribution is -0.137. The van der Waals surface area contributed by atoms with Crippen LogP contribution in [0.3, 0.4) is 0 Å². The highest BCUT2D eigenvalue weighted by molar-refractivity contribution is 7.92. The van der Waals surface area contributed by atoms with Gasteiger partial charge in [0.05, 0.1) is 17.1 Å². The van der Waals surface area contributed by atoms with Crippen molar-refractivity contribution in [3.8, 4) is 5.75 Å². The third-order valence-electron chi connectivity index (χ3n) is 5.77. The highest BCUT2D eigenvalue weighted by atomic mass is 32.2. The molecule has 1 aliphatic rings. The van der Waals surface area contributed by atoms with E-state index >= 15 is 0 Å². The van der Waals surface area contributed by atoms with Crippen molar-refractivity contribution >= 4 is 16.0 Å². The van der Waals surface area contributed by atoms with Gasteiger partial charge in [-0.1, -0.05) is 12.1 Å². The lowest BCUT2D eigenvalue weighted by atomic mass is 9.82. The summed E-state index contributed by atoms with van der Waals surface area (Å²) in [5.74, 6) is 0.0797. The minimum Gasteiger partial charge on any atom is -0.493 e. The molecule has 1 atom stereocenters. The normalized spacial score (nSPS) is 15.8. The number of hydrogen-bond donors (Lipinski definition) is 1. The van der Waals surface area contributed by atoms with Crippen molar-refractivity contribution in [2.75, 3.05) is 25.0 Å². The molecule has 2 heterocycles. The molecule has 3 aromatic rings. The Hall–Kier alpha value is -3.18. The van der Waals surface area contributed by atoms with Crippen LogP contribution in [-0.4, -0.2) is 38.7 Å². The van der Waals surface area contributed by atoms with Crippen molar-refractivity contribution in [3.05, 3.63) is 77.1 Å². The molecular formula is C24H24F3N3O4S. The molecule has 1 unspecified atom stereocenters. The Balaban J connectivity index is 1.68. The van der Waals surface area contributed by atoms with Gasteiger partial charge < -0.3 is 9.47 Å². The van der Waals surface area contributed by atoms with Crippen LogP contribution in [0.2, 0.25) is 0 Å². The molecule has 4 rings (SSSR count). The Morgan fingerprint density at radius 2 is 1.86 bits per heavy atom. The summed E-state index contributed by atoms with van der Waals surface area (Å²) in [5.41, 5.74) is 1.38. The average Bonchev–Trinajstić information content (AvgIpc) is 2.83. The number of aryl methyl sites for hydroxylation is 1. The first-order chi connectivity index (χ1) is 16.7. The number of aromatic nitrogens is 2. The van der Waals surface area contributed by atoms with Gasteiger partial charge in [0.15, 0.2) is 0 Å². The number of rotatable bonds is 8. The zero-order chi connectivity index (χ0) is 25.1. The van der Waals surface area contributed by atoms with Crippen LogP contribution in [0.25, 0.3) is 0 Å². The van der Waals surface area contributed by atoms with Gasteiger partial charge in [-0.2, -0.15) is 13.2 Å². The van der Waals surface area contributed by atoms with Crippen LogP contribution in [0.5, 0.6) is 5.75 Å². The van der Waals surface area contributed by atoms with Crippen LogP contribution in [-0.2, 0) is 27.4 Å². The number of nitrogens with one attached hydrogen (secondary N) is 1. The molecule has 0 aliphatic carbocycles. The van der Waals surface area contributed by atoms with Crippen molar-refractivity contribution in [1.29, 1.82) is 0 Å². The van der Waals surface area contributed by atoms with E-state index in [4.69, 9.17) is 9.47 Å². The lowest BCUT2D eigenvalue weighted by Crippen LogP contribution is -2.19. The second-order valence-electron chi connectivity index (χ2n) is 8.07. The summed E-state index contributed by atoms with van der Waals surface area (Å²) in [5, 5.41) is 0.